The van der Waals surface area contributed by atoms with Crippen LogP contribution in [-0.2, 0) is 9.47 Å². The van der Waals surface area contributed by atoms with Crippen LogP contribution in [0, 0.1) is 0 Å². The van der Waals surface area contributed by atoms with Gasteiger partial charge in [-0.2, -0.15) is 0 Å². The zero-order chi connectivity index (χ0) is 7.23. The zero-order valence-corrected chi connectivity index (χ0v) is 6.43. The van der Waals surface area contributed by atoms with E-state index < -0.39 is 0 Å². The maximum atomic E-state index is 5.38. The third-order valence-corrected chi connectivity index (χ3v) is 1.64. The van der Waals surface area contributed by atoms with Gasteiger partial charge in [0.2, 0.25) is 0 Å². The van der Waals surface area contributed by atoms with Crippen LogP contribution in [0.5, 0.6) is 0 Å². The van der Waals surface area contributed by atoms with E-state index in [-0.39, 0.29) is 0 Å². The van der Waals surface area contributed by atoms with Crippen molar-refractivity contribution in [2.24, 2.45) is 0 Å². The number of nitrogens with one attached hydrogen (secondary N) is 1. The SMILES string of the molecule is COCNCC1CCCO1. The summed E-state index contributed by atoms with van der Waals surface area (Å²) in [4.78, 5) is 0. The molecule has 3 heteroatoms. The van der Waals surface area contributed by atoms with Crippen molar-refractivity contribution in [1.82, 2.24) is 5.32 Å². The van der Waals surface area contributed by atoms with Crippen LogP contribution < -0.4 is 5.32 Å². The summed E-state index contributed by atoms with van der Waals surface area (Å²) >= 11 is 0. The van der Waals surface area contributed by atoms with Gasteiger partial charge in [0.05, 0.1) is 12.8 Å². The molecule has 0 spiro atoms. The second-order valence-corrected chi connectivity index (χ2v) is 2.52. The first-order chi connectivity index (χ1) is 4.93. The summed E-state index contributed by atoms with van der Waals surface area (Å²) in [6.45, 7) is 2.48. The van der Waals surface area contributed by atoms with E-state index in [0.29, 0.717) is 12.8 Å². The molecule has 0 aromatic carbocycles. The first kappa shape index (κ1) is 7.98. The lowest BCUT2D eigenvalue weighted by molar-refractivity contribution is 0.0946. The molecule has 1 saturated heterocycles. The van der Waals surface area contributed by atoms with Gasteiger partial charge in [0, 0.05) is 20.3 Å². The zero-order valence-electron chi connectivity index (χ0n) is 6.43. The molecular formula is C7H15NO2. The Balaban J connectivity index is 1.91. The molecule has 60 valence electrons. The monoisotopic (exact) mass is 145 g/mol. The fourth-order valence-electron chi connectivity index (χ4n) is 1.13. The minimum atomic E-state index is 0.426. The van der Waals surface area contributed by atoms with E-state index in [1.54, 1.807) is 7.11 Å². The van der Waals surface area contributed by atoms with Crippen LogP contribution in [0.2, 0.25) is 0 Å². The Morgan fingerprint density at radius 1 is 1.70 bits per heavy atom. The van der Waals surface area contributed by atoms with E-state index in [1.165, 1.54) is 12.8 Å². The molecule has 0 radical (unpaired) electrons. The third-order valence-electron chi connectivity index (χ3n) is 1.64. The summed E-state index contributed by atoms with van der Waals surface area (Å²) in [5.41, 5.74) is 0. The van der Waals surface area contributed by atoms with Gasteiger partial charge in [-0.25, -0.2) is 0 Å². The molecule has 0 bridgehead atoms. The van der Waals surface area contributed by atoms with E-state index in [0.717, 1.165) is 13.2 Å². The Morgan fingerprint density at radius 2 is 2.60 bits per heavy atom. The lowest BCUT2D eigenvalue weighted by Crippen LogP contribution is -2.27. The highest BCUT2D eigenvalue weighted by Crippen LogP contribution is 2.10. The van der Waals surface area contributed by atoms with E-state index in [9.17, 15) is 0 Å². The van der Waals surface area contributed by atoms with Crippen molar-refractivity contribution < 1.29 is 9.47 Å². The smallest absolute Gasteiger partial charge is 0.0962 e. The summed E-state index contributed by atoms with van der Waals surface area (Å²) in [5.74, 6) is 0. The summed E-state index contributed by atoms with van der Waals surface area (Å²) in [6.07, 6.45) is 2.82. The predicted molar refractivity (Wildman–Crippen MR) is 38.9 cm³/mol. The normalized spacial score (nSPS) is 25.5. The van der Waals surface area contributed by atoms with Crippen LogP contribution in [0.25, 0.3) is 0 Å². The molecule has 1 heterocycles. The average Bonchev–Trinajstić information content (AvgIpc) is 2.41. The van der Waals surface area contributed by atoms with Gasteiger partial charge >= 0.3 is 0 Å². The van der Waals surface area contributed by atoms with E-state index in [1.807, 2.05) is 0 Å². The molecule has 0 amide bonds. The summed E-state index contributed by atoms with van der Waals surface area (Å²) in [5, 5.41) is 3.13. The van der Waals surface area contributed by atoms with Crippen molar-refractivity contribution in [3.63, 3.8) is 0 Å². The Bertz CT molecular complexity index is 81.7. The van der Waals surface area contributed by atoms with Crippen LogP contribution in [0.15, 0.2) is 0 Å². The average molecular weight is 145 g/mol. The molecule has 1 aliphatic rings. The highest BCUT2D eigenvalue weighted by Gasteiger charge is 2.13. The molecule has 1 aliphatic heterocycles. The van der Waals surface area contributed by atoms with Gasteiger partial charge in [-0.05, 0) is 12.8 Å². The lowest BCUT2D eigenvalue weighted by Gasteiger charge is -2.08. The Kier molecular flexibility index (Phi) is 3.72. The minimum absolute atomic E-state index is 0.426. The molecule has 0 aromatic rings. The summed E-state index contributed by atoms with van der Waals surface area (Å²) in [7, 11) is 1.68. The summed E-state index contributed by atoms with van der Waals surface area (Å²) in [6, 6.07) is 0. The molecule has 0 aromatic heterocycles. The van der Waals surface area contributed by atoms with Crippen LogP contribution in [-0.4, -0.2) is 33.1 Å². The van der Waals surface area contributed by atoms with Gasteiger partial charge in [0.15, 0.2) is 0 Å². The second-order valence-electron chi connectivity index (χ2n) is 2.52. The fourth-order valence-corrected chi connectivity index (χ4v) is 1.13. The fraction of sp³-hybridized carbons (Fsp3) is 1.00. The number of methoxy groups -OCH3 is 1. The first-order valence-electron chi connectivity index (χ1n) is 3.74. The molecule has 3 nitrogen and oxygen atoms in total. The number of hydrogen-bond donors (Lipinski definition) is 1. The number of ether oxygens (including phenoxy) is 2. The van der Waals surface area contributed by atoms with Gasteiger partial charge in [0.25, 0.3) is 0 Å². The van der Waals surface area contributed by atoms with Crippen molar-refractivity contribution in [2.75, 3.05) is 27.0 Å². The number of hydrogen-bond acceptors (Lipinski definition) is 3. The highest BCUT2D eigenvalue weighted by atomic mass is 16.5. The van der Waals surface area contributed by atoms with Gasteiger partial charge in [-0.15, -0.1) is 0 Å². The van der Waals surface area contributed by atoms with Crippen molar-refractivity contribution >= 4 is 0 Å². The Labute approximate surface area is 61.7 Å². The molecular weight excluding hydrogens is 130 g/mol. The minimum Gasteiger partial charge on any atom is -0.377 e. The topological polar surface area (TPSA) is 30.5 Å². The molecule has 0 saturated carbocycles. The quantitative estimate of drug-likeness (QED) is 0.457. The molecule has 1 atom stereocenters. The molecule has 1 unspecified atom stereocenters. The highest BCUT2D eigenvalue weighted by molar-refractivity contribution is 4.65. The summed E-state index contributed by atoms with van der Waals surface area (Å²) < 4.78 is 10.2. The molecule has 0 aliphatic carbocycles. The van der Waals surface area contributed by atoms with Crippen LogP contribution in [0.4, 0.5) is 0 Å². The van der Waals surface area contributed by atoms with Gasteiger partial charge in [0.1, 0.15) is 0 Å². The molecule has 1 N–H and O–H groups in total. The van der Waals surface area contributed by atoms with Gasteiger partial charge in [-0.1, -0.05) is 0 Å². The first-order valence-corrected chi connectivity index (χ1v) is 3.74. The van der Waals surface area contributed by atoms with Crippen molar-refractivity contribution in [2.45, 2.75) is 18.9 Å². The largest absolute Gasteiger partial charge is 0.377 e. The Hall–Kier alpha value is -0.120. The van der Waals surface area contributed by atoms with E-state index in [2.05, 4.69) is 5.32 Å². The van der Waals surface area contributed by atoms with Crippen LogP contribution in [0.1, 0.15) is 12.8 Å². The van der Waals surface area contributed by atoms with Crippen LogP contribution in [0.3, 0.4) is 0 Å². The van der Waals surface area contributed by atoms with Crippen LogP contribution >= 0.6 is 0 Å². The predicted octanol–water partition coefficient (Wildman–Crippen LogP) is 0.359. The number of rotatable bonds is 4. The van der Waals surface area contributed by atoms with E-state index in [4.69, 9.17) is 9.47 Å². The van der Waals surface area contributed by atoms with Crippen molar-refractivity contribution in [1.29, 1.82) is 0 Å². The third kappa shape index (κ3) is 2.64. The van der Waals surface area contributed by atoms with Crippen molar-refractivity contribution in [3.8, 4) is 0 Å². The maximum Gasteiger partial charge on any atom is 0.0962 e. The van der Waals surface area contributed by atoms with Gasteiger partial charge in [-0.3, -0.25) is 5.32 Å². The molecule has 1 rings (SSSR count). The van der Waals surface area contributed by atoms with E-state index >= 15 is 0 Å². The molecule has 1 fully saturated rings. The lowest BCUT2D eigenvalue weighted by atomic mass is 10.2. The van der Waals surface area contributed by atoms with Crippen molar-refractivity contribution in [3.05, 3.63) is 0 Å². The maximum absolute atomic E-state index is 5.38. The second kappa shape index (κ2) is 4.66. The standard InChI is InChI=1S/C7H15NO2/c1-9-6-8-5-7-3-2-4-10-7/h7-8H,2-6H2,1H3. The Morgan fingerprint density at radius 3 is 3.20 bits per heavy atom. The molecule has 10 heavy (non-hydrogen) atoms. The van der Waals surface area contributed by atoms with Gasteiger partial charge < -0.3 is 9.47 Å².